The van der Waals surface area contributed by atoms with Crippen molar-refractivity contribution in [1.29, 1.82) is 0 Å². The summed E-state index contributed by atoms with van der Waals surface area (Å²) in [6, 6.07) is 0. The molecule has 0 aromatic carbocycles. The molecule has 0 radical (unpaired) electrons. The number of hydrogen-bond donors (Lipinski definition) is 1. The highest BCUT2D eigenvalue weighted by Crippen LogP contribution is 2.43. The van der Waals surface area contributed by atoms with E-state index in [4.69, 9.17) is 18.5 Å². The Kier molecular flexibility index (Phi) is 32.3. The number of quaternary nitrogens is 1. The molecular formula is C38H79NO7P+. The van der Waals surface area contributed by atoms with Crippen LogP contribution in [0.3, 0.4) is 0 Å². The largest absolute Gasteiger partial charge is 0.472 e. The summed E-state index contributed by atoms with van der Waals surface area (Å²) in [6.45, 7) is 5.65. The lowest BCUT2D eigenvalue weighted by molar-refractivity contribution is -0.870. The second kappa shape index (κ2) is 32.7. The van der Waals surface area contributed by atoms with Gasteiger partial charge in [0.2, 0.25) is 0 Å². The van der Waals surface area contributed by atoms with Crippen molar-refractivity contribution in [2.45, 2.75) is 187 Å². The number of esters is 1. The van der Waals surface area contributed by atoms with Gasteiger partial charge in [-0.1, -0.05) is 162 Å². The molecule has 0 heterocycles. The minimum absolute atomic E-state index is 0.0935. The molecule has 0 saturated heterocycles. The van der Waals surface area contributed by atoms with Crippen LogP contribution in [0.4, 0.5) is 0 Å². The molecule has 282 valence electrons. The van der Waals surface area contributed by atoms with E-state index in [9.17, 15) is 14.3 Å². The molecule has 0 aromatic rings. The van der Waals surface area contributed by atoms with Crippen molar-refractivity contribution in [3.63, 3.8) is 0 Å². The standard InChI is InChI=1S/C38H78NO7P/c1-6-8-10-12-14-16-18-19-20-22-24-26-28-30-33-43-35-37(36-45-47(41,42)44-34-32-39(3,4)5)46-38(40)31-29-27-25-23-21-17-15-13-11-9-7-2/h37H,6-36H2,1-5H3/p+1/t37-/m1/s1. The summed E-state index contributed by atoms with van der Waals surface area (Å²) in [5.41, 5.74) is 0. The maximum atomic E-state index is 12.6. The molecule has 0 amide bonds. The first-order chi connectivity index (χ1) is 22.6. The Morgan fingerprint density at radius 3 is 1.40 bits per heavy atom. The molecule has 0 bridgehead atoms. The van der Waals surface area contributed by atoms with Crippen LogP contribution in [0.25, 0.3) is 0 Å². The summed E-state index contributed by atoms with van der Waals surface area (Å²) < 4.78 is 34.9. The lowest BCUT2D eigenvalue weighted by Crippen LogP contribution is -2.37. The van der Waals surface area contributed by atoms with Crippen molar-refractivity contribution >= 4 is 13.8 Å². The van der Waals surface area contributed by atoms with E-state index in [0.717, 1.165) is 32.1 Å². The highest BCUT2D eigenvalue weighted by atomic mass is 31.2. The van der Waals surface area contributed by atoms with Crippen LogP contribution in [0, 0.1) is 0 Å². The maximum Gasteiger partial charge on any atom is 0.472 e. The molecule has 8 nitrogen and oxygen atoms in total. The molecular weight excluding hydrogens is 613 g/mol. The van der Waals surface area contributed by atoms with E-state index in [1.54, 1.807) is 0 Å². The number of hydrogen-bond acceptors (Lipinski definition) is 6. The first-order valence-corrected chi connectivity index (χ1v) is 21.3. The minimum atomic E-state index is -4.26. The zero-order chi connectivity index (χ0) is 34.9. The Morgan fingerprint density at radius 1 is 0.574 bits per heavy atom. The third-order valence-electron chi connectivity index (χ3n) is 8.67. The second-order valence-electron chi connectivity index (χ2n) is 14.7. The number of carbonyl (C=O) groups is 1. The number of phosphoric acid groups is 1. The average molecular weight is 693 g/mol. The van der Waals surface area contributed by atoms with Crippen LogP contribution in [0.2, 0.25) is 0 Å². The molecule has 0 fully saturated rings. The highest BCUT2D eigenvalue weighted by Gasteiger charge is 2.26. The molecule has 0 aromatic heterocycles. The Hall–Kier alpha value is -0.500. The van der Waals surface area contributed by atoms with Gasteiger partial charge in [0, 0.05) is 13.0 Å². The van der Waals surface area contributed by atoms with Crippen molar-refractivity contribution < 1.29 is 37.3 Å². The number of rotatable bonds is 37. The van der Waals surface area contributed by atoms with Crippen LogP contribution < -0.4 is 0 Å². The third kappa shape index (κ3) is 36.6. The summed E-state index contributed by atoms with van der Waals surface area (Å²) in [5.74, 6) is -0.312. The molecule has 0 aliphatic rings. The van der Waals surface area contributed by atoms with Crippen LogP contribution in [-0.4, -0.2) is 75.6 Å². The van der Waals surface area contributed by atoms with Crippen molar-refractivity contribution in [2.24, 2.45) is 0 Å². The Morgan fingerprint density at radius 2 is 0.979 bits per heavy atom. The van der Waals surface area contributed by atoms with Gasteiger partial charge in [-0.3, -0.25) is 13.8 Å². The third-order valence-corrected chi connectivity index (χ3v) is 9.65. The molecule has 0 aliphatic carbocycles. The number of likely N-dealkylation sites (N-methyl/N-ethyl adjacent to an activating group) is 1. The van der Waals surface area contributed by atoms with E-state index in [1.165, 1.54) is 128 Å². The fourth-order valence-electron chi connectivity index (χ4n) is 5.55. The summed E-state index contributed by atoms with van der Waals surface area (Å²) in [5, 5.41) is 0. The van der Waals surface area contributed by atoms with Gasteiger partial charge in [-0.15, -0.1) is 0 Å². The molecule has 1 unspecified atom stereocenters. The summed E-state index contributed by atoms with van der Waals surface area (Å²) in [4.78, 5) is 22.7. The van der Waals surface area contributed by atoms with Gasteiger partial charge < -0.3 is 18.9 Å². The Bertz CT molecular complexity index is 731. The van der Waals surface area contributed by atoms with Crippen molar-refractivity contribution in [3.05, 3.63) is 0 Å². The fourth-order valence-corrected chi connectivity index (χ4v) is 6.29. The smallest absolute Gasteiger partial charge is 0.457 e. The second-order valence-corrected chi connectivity index (χ2v) is 16.1. The van der Waals surface area contributed by atoms with Crippen LogP contribution in [-0.2, 0) is 27.9 Å². The van der Waals surface area contributed by atoms with E-state index < -0.39 is 13.9 Å². The minimum Gasteiger partial charge on any atom is -0.457 e. The Labute approximate surface area is 291 Å². The molecule has 0 saturated carbocycles. The molecule has 2 atom stereocenters. The van der Waals surface area contributed by atoms with Gasteiger partial charge in [0.1, 0.15) is 19.3 Å². The summed E-state index contributed by atoms with van der Waals surface area (Å²) >= 11 is 0. The zero-order valence-electron chi connectivity index (χ0n) is 31.8. The summed E-state index contributed by atoms with van der Waals surface area (Å²) in [6.07, 6.45) is 31.2. The van der Waals surface area contributed by atoms with Crippen molar-refractivity contribution in [1.82, 2.24) is 0 Å². The quantitative estimate of drug-likeness (QED) is 0.0300. The number of nitrogens with zero attached hydrogens (tertiary/aromatic N) is 1. The van der Waals surface area contributed by atoms with Gasteiger partial charge in [-0.05, 0) is 12.8 Å². The predicted molar refractivity (Wildman–Crippen MR) is 197 cm³/mol. The van der Waals surface area contributed by atoms with E-state index in [-0.39, 0.29) is 25.8 Å². The molecule has 1 N–H and O–H groups in total. The highest BCUT2D eigenvalue weighted by molar-refractivity contribution is 7.47. The SMILES string of the molecule is CCCCCCCCCCCCCCCCOC[C@H](COP(=O)(O)OCC[N+](C)(C)C)OC(=O)CCCCCCCCCCCCC. The van der Waals surface area contributed by atoms with Gasteiger partial charge >= 0.3 is 13.8 Å². The number of phosphoric ester groups is 1. The van der Waals surface area contributed by atoms with E-state index >= 15 is 0 Å². The van der Waals surface area contributed by atoms with Gasteiger partial charge in [0.05, 0.1) is 34.4 Å². The first kappa shape index (κ1) is 46.5. The van der Waals surface area contributed by atoms with E-state index in [2.05, 4.69) is 13.8 Å². The lowest BCUT2D eigenvalue weighted by atomic mass is 10.0. The van der Waals surface area contributed by atoms with Crippen LogP contribution in [0.1, 0.15) is 181 Å². The van der Waals surface area contributed by atoms with E-state index in [1.807, 2.05) is 21.1 Å². The number of carbonyl (C=O) groups excluding carboxylic acids is 1. The average Bonchev–Trinajstić information content (AvgIpc) is 3.01. The molecule has 9 heteroatoms. The van der Waals surface area contributed by atoms with Crippen molar-refractivity contribution in [3.8, 4) is 0 Å². The molecule has 47 heavy (non-hydrogen) atoms. The van der Waals surface area contributed by atoms with Gasteiger partial charge in [-0.2, -0.15) is 0 Å². The fraction of sp³-hybridized carbons (Fsp3) is 0.974. The van der Waals surface area contributed by atoms with E-state index in [0.29, 0.717) is 24.1 Å². The molecule has 0 rings (SSSR count). The zero-order valence-corrected chi connectivity index (χ0v) is 32.7. The maximum absolute atomic E-state index is 12.6. The molecule has 0 spiro atoms. The van der Waals surface area contributed by atoms with Crippen LogP contribution >= 0.6 is 7.82 Å². The van der Waals surface area contributed by atoms with Gasteiger partial charge in [0.15, 0.2) is 0 Å². The van der Waals surface area contributed by atoms with Gasteiger partial charge in [-0.25, -0.2) is 4.57 Å². The number of unbranched alkanes of at least 4 members (excludes halogenated alkanes) is 23. The van der Waals surface area contributed by atoms with Crippen LogP contribution in [0.5, 0.6) is 0 Å². The first-order valence-electron chi connectivity index (χ1n) is 19.8. The summed E-state index contributed by atoms with van der Waals surface area (Å²) in [7, 11) is 1.68. The topological polar surface area (TPSA) is 91.3 Å². The Balaban J connectivity index is 4.24. The number of ether oxygens (including phenoxy) is 2. The predicted octanol–water partition coefficient (Wildman–Crippen LogP) is 10.9. The van der Waals surface area contributed by atoms with Crippen LogP contribution in [0.15, 0.2) is 0 Å². The normalized spacial score (nSPS) is 13.9. The molecule has 0 aliphatic heterocycles. The van der Waals surface area contributed by atoms with Gasteiger partial charge in [0.25, 0.3) is 0 Å². The monoisotopic (exact) mass is 693 g/mol. The van der Waals surface area contributed by atoms with Crippen molar-refractivity contribution in [2.75, 3.05) is 54.1 Å². The lowest BCUT2D eigenvalue weighted by Gasteiger charge is -2.24.